The molecule has 0 bridgehead atoms. The van der Waals surface area contributed by atoms with Gasteiger partial charge >= 0.3 is 11.9 Å². The molecule has 0 aliphatic carbocycles. The van der Waals surface area contributed by atoms with Crippen LogP contribution in [0.1, 0.15) is 26.3 Å². The fourth-order valence-electron chi connectivity index (χ4n) is 1.06. The van der Waals surface area contributed by atoms with Gasteiger partial charge in [-0.15, -0.1) is 0 Å². The Morgan fingerprint density at radius 3 is 2.38 bits per heavy atom. The van der Waals surface area contributed by atoms with E-state index in [9.17, 15) is 9.59 Å². The second-order valence-corrected chi connectivity index (χ2v) is 2.73. The van der Waals surface area contributed by atoms with Crippen molar-refractivity contribution in [2.45, 2.75) is 0 Å². The summed E-state index contributed by atoms with van der Waals surface area (Å²) in [6, 6.07) is 5.05. The number of rotatable bonds is 2. The number of hydrogen-bond donors (Lipinski definition) is 2. The Morgan fingerprint density at radius 1 is 1.19 bits per heavy atom. The van der Waals surface area contributed by atoms with E-state index < -0.39 is 11.9 Å². The van der Waals surface area contributed by atoms with Crippen LogP contribution < -0.4 is 0 Å². The maximum atomic E-state index is 10.8. The minimum Gasteiger partial charge on any atom is -0.478 e. The molecule has 0 fully saturated rings. The normalized spacial score (nSPS) is 8.44. The lowest BCUT2D eigenvalue weighted by molar-refractivity contribution is 0.0695. The first kappa shape index (κ1) is 11.3. The molecular weight excluding hydrogens is 210 g/mol. The molecule has 1 aromatic rings. The second kappa shape index (κ2) is 4.63. The Morgan fingerprint density at radius 2 is 1.88 bits per heavy atom. The maximum Gasteiger partial charge on any atom is 0.336 e. The Hall–Kier alpha value is -2.79. The summed E-state index contributed by atoms with van der Waals surface area (Å²) in [6.07, 6.45) is 0. The Bertz CT molecular complexity index is 558. The molecule has 0 saturated heterocycles. The first-order valence-electron chi connectivity index (χ1n) is 4.07. The first-order valence-corrected chi connectivity index (χ1v) is 4.07. The second-order valence-electron chi connectivity index (χ2n) is 2.73. The summed E-state index contributed by atoms with van der Waals surface area (Å²) in [6.45, 7) is 0. The van der Waals surface area contributed by atoms with E-state index in [0.29, 0.717) is 0 Å². The van der Waals surface area contributed by atoms with Crippen LogP contribution in [0, 0.1) is 23.2 Å². The monoisotopic (exact) mass is 215 g/mol. The Balaban J connectivity index is 3.37. The lowest BCUT2D eigenvalue weighted by Gasteiger charge is -2.00. The minimum absolute atomic E-state index is 0.110. The molecular formula is C11H5NO4. The zero-order valence-electron chi connectivity index (χ0n) is 7.89. The molecule has 0 aliphatic heterocycles. The van der Waals surface area contributed by atoms with Crippen molar-refractivity contribution in [3.05, 3.63) is 34.9 Å². The predicted octanol–water partition coefficient (Wildman–Crippen LogP) is 0.958. The van der Waals surface area contributed by atoms with E-state index in [4.69, 9.17) is 15.5 Å². The zero-order valence-corrected chi connectivity index (χ0v) is 7.89. The van der Waals surface area contributed by atoms with Gasteiger partial charge in [-0.05, 0) is 24.1 Å². The topological polar surface area (TPSA) is 98.4 Å². The van der Waals surface area contributed by atoms with Crippen LogP contribution in [0.25, 0.3) is 0 Å². The van der Waals surface area contributed by atoms with Crippen molar-refractivity contribution >= 4 is 11.9 Å². The van der Waals surface area contributed by atoms with E-state index >= 15 is 0 Å². The average molecular weight is 215 g/mol. The van der Waals surface area contributed by atoms with Crippen LogP contribution in [-0.2, 0) is 0 Å². The highest BCUT2D eigenvalue weighted by Gasteiger charge is 2.12. The van der Waals surface area contributed by atoms with Crippen molar-refractivity contribution < 1.29 is 19.8 Å². The van der Waals surface area contributed by atoms with Crippen molar-refractivity contribution in [2.24, 2.45) is 0 Å². The quantitative estimate of drug-likeness (QED) is 0.716. The Labute approximate surface area is 90.6 Å². The van der Waals surface area contributed by atoms with Crippen molar-refractivity contribution in [3.63, 3.8) is 0 Å². The minimum atomic E-state index is -1.29. The van der Waals surface area contributed by atoms with Crippen molar-refractivity contribution in [1.29, 1.82) is 5.26 Å². The van der Waals surface area contributed by atoms with Gasteiger partial charge in [-0.2, -0.15) is 5.26 Å². The van der Waals surface area contributed by atoms with Gasteiger partial charge in [-0.3, -0.25) is 0 Å². The number of nitrogens with zero attached hydrogens (tertiary/aromatic N) is 1. The predicted molar refractivity (Wildman–Crippen MR) is 52.9 cm³/mol. The number of carboxylic acids is 2. The van der Waals surface area contributed by atoms with Crippen molar-refractivity contribution in [3.8, 4) is 17.9 Å². The van der Waals surface area contributed by atoms with Crippen LogP contribution in [0.4, 0.5) is 0 Å². The summed E-state index contributed by atoms with van der Waals surface area (Å²) in [5.41, 5.74) is -0.262. The van der Waals surface area contributed by atoms with Gasteiger partial charge in [0, 0.05) is 11.5 Å². The summed E-state index contributed by atoms with van der Waals surface area (Å²) < 4.78 is 0. The third kappa shape index (κ3) is 2.37. The van der Waals surface area contributed by atoms with E-state index in [0.717, 1.165) is 6.07 Å². The van der Waals surface area contributed by atoms with Gasteiger partial charge in [-0.25, -0.2) is 9.59 Å². The highest BCUT2D eigenvalue weighted by molar-refractivity contribution is 5.95. The van der Waals surface area contributed by atoms with E-state index in [-0.39, 0.29) is 16.7 Å². The average Bonchev–Trinajstić information content (AvgIpc) is 2.25. The fraction of sp³-hybridized carbons (Fsp3) is 0. The third-order valence-corrected chi connectivity index (χ3v) is 1.75. The molecule has 5 heteroatoms. The van der Waals surface area contributed by atoms with Crippen LogP contribution in [0.3, 0.4) is 0 Å². The largest absolute Gasteiger partial charge is 0.478 e. The van der Waals surface area contributed by atoms with Crippen LogP contribution >= 0.6 is 0 Å². The third-order valence-electron chi connectivity index (χ3n) is 1.75. The highest BCUT2D eigenvalue weighted by Crippen LogP contribution is 2.11. The molecule has 2 N–H and O–H groups in total. The Kier molecular flexibility index (Phi) is 3.26. The standard InChI is InChI=1S/C11H5NO4/c12-5-1-2-7-3-4-8(10(13)14)6-9(7)11(15)16/h3-4,6H,(H,13,14)(H,15,16). The molecule has 0 unspecified atom stereocenters. The zero-order chi connectivity index (χ0) is 12.1. The molecule has 78 valence electrons. The van der Waals surface area contributed by atoms with Crippen molar-refractivity contribution in [1.82, 2.24) is 0 Å². The molecule has 1 aromatic carbocycles. The first-order chi connectivity index (χ1) is 7.56. The smallest absolute Gasteiger partial charge is 0.336 e. The lowest BCUT2D eigenvalue weighted by atomic mass is 10.0. The SMILES string of the molecule is N#CC#Cc1ccc(C(=O)O)cc1C(=O)O. The van der Waals surface area contributed by atoms with Gasteiger partial charge in [0.05, 0.1) is 11.1 Å². The summed E-state index contributed by atoms with van der Waals surface area (Å²) in [5.74, 6) is 1.87. The van der Waals surface area contributed by atoms with Gasteiger partial charge in [0.25, 0.3) is 0 Å². The lowest BCUT2D eigenvalue weighted by Crippen LogP contribution is -2.04. The molecule has 5 nitrogen and oxygen atoms in total. The van der Waals surface area contributed by atoms with Crippen LogP contribution in [0.5, 0.6) is 0 Å². The van der Waals surface area contributed by atoms with Crippen LogP contribution in [-0.4, -0.2) is 22.2 Å². The number of nitriles is 1. The molecule has 16 heavy (non-hydrogen) atoms. The molecule has 0 amide bonds. The number of benzene rings is 1. The highest BCUT2D eigenvalue weighted by atomic mass is 16.4. The number of carboxylic acid groups (broad SMARTS) is 2. The van der Waals surface area contributed by atoms with Gasteiger partial charge in [0.15, 0.2) is 6.07 Å². The molecule has 0 saturated carbocycles. The van der Waals surface area contributed by atoms with E-state index in [1.54, 1.807) is 6.07 Å². The van der Waals surface area contributed by atoms with E-state index in [1.807, 2.05) is 0 Å². The number of carbonyl (C=O) groups is 2. The summed E-state index contributed by atoms with van der Waals surface area (Å²) in [4.78, 5) is 21.4. The summed E-state index contributed by atoms with van der Waals surface area (Å²) >= 11 is 0. The number of aromatic carboxylic acids is 2. The molecule has 0 aliphatic rings. The molecule has 0 spiro atoms. The maximum absolute atomic E-state index is 10.8. The van der Waals surface area contributed by atoms with Gasteiger partial charge in [-0.1, -0.05) is 0 Å². The molecule has 1 rings (SSSR count). The molecule has 0 aromatic heterocycles. The van der Waals surface area contributed by atoms with Gasteiger partial charge in [0.1, 0.15) is 0 Å². The fourth-order valence-corrected chi connectivity index (χ4v) is 1.06. The molecule has 0 radical (unpaired) electrons. The number of hydrogen-bond acceptors (Lipinski definition) is 3. The van der Waals surface area contributed by atoms with Gasteiger partial charge in [0.2, 0.25) is 0 Å². The molecule has 0 atom stereocenters. The van der Waals surface area contributed by atoms with E-state index in [1.165, 1.54) is 12.1 Å². The van der Waals surface area contributed by atoms with Crippen LogP contribution in [0.15, 0.2) is 18.2 Å². The molecule has 0 heterocycles. The summed E-state index contributed by atoms with van der Waals surface area (Å²) in [7, 11) is 0. The van der Waals surface area contributed by atoms with Gasteiger partial charge < -0.3 is 10.2 Å². The van der Waals surface area contributed by atoms with Crippen molar-refractivity contribution in [2.75, 3.05) is 0 Å². The summed E-state index contributed by atoms with van der Waals surface area (Å²) in [5, 5.41) is 25.7. The van der Waals surface area contributed by atoms with E-state index in [2.05, 4.69) is 11.8 Å². The van der Waals surface area contributed by atoms with Crippen LogP contribution in [0.2, 0.25) is 0 Å².